The first-order valence-corrected chi connectivity index (χ1v) is 17.5. The molecule has 3 aromatic heterocycles. The van der Waals surface area contributed by atoms with Crippen molar-refractivity contribution < 1.29 is 0 Å². The molecule has 0 radical (unpaired) electrons. The molecule has 8 aromatic carbocycles. The van der Waals surface area contributed by atoms with Crippen molar-refractivity contribution in [2.45, 2.75) is 0 Å². The Morgan fingerprint density at radius 3 is 1.55 bits per heavy atom. The summed E-state index contributed by atoms with van der Waals surface area (Å²) in [5.74, 6) is 0. The van der Waals surface area contributed by atoms with Gasteiger partial charge in [0.1, 0.15) is 0 Å². The Kier molecular flexibility index (Phi) is 5.96. The van der Waals surface area contributed by atoms with E-state index in [1.165, 1.54) is 71.0 Å². The van der Waals surface area contributed by atoms with Gasteiger partial charge in [0.2, 0.25) is 0 Å². The van der Waals surface area contributed by atoms with Gasteiger partial charge in [-0.15, -0.1) is 0 Å². The van der Waals surface area contributed by atoms with Gasteiger partial charge in [-0.3, -0.25) is 0 Å². The summed E-state index contributed by atoms with van der Waals surface area (Å²) in [6.45, 7) is 0. The van der Waals surface area contributed by atoms with Crippen LogP contribution in [0.1, 0.15) is 0 Å². The summed E-state index contributed by atoms with van der Waals surface area (Å²) in [7, 11) is 0. The molecule has 0 amide bonds. The fourth-order valence-corrected chi connectivity index (χ4v) is 8.47. The van der Waals surface area contributed by atoms with E-state index >= 15 is 0 Å². The summed E-state index contributed by atoms with van der Waals surface area (Å²) in [4.78, 5) is 2.47. The monoisotopic (exact) mass is 649 g/mol. The summed E-state index contributed by atoms with van der Waals surface area (Å²) < 4.78 is 4.85. The predicted molar refractivity (Wildman–Crippen MR) is 216 cm³/mol. The molecular formula is C48H31N3. The molecule has 0 aliphatic heterocycles. The number of hydrogen-bond acceptors (Lipinski definition) is 1. The van der Waals surface area contributed by atoms with Crippen molar-refractivity contribution >= 4 is 77.0 Å². The SMILES string of the molecule is c1ccc(-c2ccc(N(c3cc4c5ccccc5n5c6ccccc6c(c3)c45)c3cccc4c3c3ccccc3n4-c3ccccc3)cc2)cc1. The third-order valence-electron chi connectivity index (χ3n) is 10.6. The molecule has 0 spiro atoms. The van der Waals surface area contributed by atoms with Crippen molar-refractivity contribution in [2.24, 2.45) is 0 Å². The van der Waals surface area contributed by atoms with E-state index < -0.39 is 0 Å². The van der Waals surface area contributed by atoms with Crippen LogP contribution in [0, 0.1) is 0 Å². The Morgan fingerprint density at radius 1 is 0.353 bits per heavy atom. The average Bonchev–Trinajstić information content (AvgIpc) is 3.84. The number of aromatic nitrogens is 2. The average molecular weight is 650 g/mol. The van der Waals surface area contributed by atoms with Gasteiger partial charge in [0, 0.05) is 49.4 Å². The third-order valence-corrected chi connectivity index (χ3v) is 10.6. The number of nitrogens with zero attached hydrogens (tertiary/aromatic N) is 3. The number of rotatable bonds is 5. The lowest BCUT2D eigenvalue weighted by Gasteiger charge is -2.27. The minimum atomic E-state index is 1.11. The normalized spacial score (nSPS) is 11.9. The first-order valence-electron chi connectivity index (χ1n) is 17.5. The van der Waals surface area contributed by atoms with E-state index in [0.29, 0.717) is 0 Å². The second-order valence-electron chi connectivity index (χ2n) is 13.4. The molecule has 0 fully saturated rings. The molecule has 3 heterocycles. The van der Waals surface area contributed by atoms with Crippen LogP contribution >= 0.6 is 0 Å². The largest absolute Gasteiger partial charge is 0.310 e. The van der Waals surface area contributed by atoms with Crippen LogP contribution in [0.4, 0.5) is 17.1 Å². The quantitative estimate of drug-likeness (QED) is 0.181. The zero-order valence-electron chi connectivity index (χ0n) is 27.7. The van der Waals surface area contributed by atoms with Crippen LogP contribution in [-0.4, -0.2) is 8.97 Å². The highest BCUT2D eigenvalue weighted by Crippen LogP contribution is 2.47. The number of hydrogen-bond donors (Lipinski definition) is 0. The highest BCUT2D eigenvalue weighted by Gasteiger charge is 2.24. The Labute approximate surface area is 294 Å². The highest BCUT2D eigenvalue weighted by molar-refractivity contribution is 6.25. The van der Waals surface area contributed by atoms with Gasteiger partial charge in [-0.05, 0) is 77.9 Å². The van der Waals surface area contributed by atoms with Gasteiger partial charge in [0.05, 0.1) is 33.3 Å². The lowest BCUT2D eigenvalue weighted by Crippen LogP contribution is -2.10. The molecule has 0 aliphatic carbocycles. The molecule has 0 N–H and O–H groups in total. The van der Waals surface area contributed by atoms with Crippen molar-refractivity contribution in [3.05, 3.63) is 188 Å². The second kappa shape index (κ2) is 10.8. The van der Waals surface area contributed by atoms with Crippen molar-refractivity contribution in [2.75, 3.05) is 4.90 Å². The molecule has 11 rings (SSSR count). The second-order valence-corrected chi connectivity index (χ2v) is 13.4. The van der Waals surface area contributed by atoms with Crippen molar-refractivity contribution in [1.29, 1.82) is 0 Å². The smallest absolute Gasteiger partial charge is 0.0622 e. The third kappa shape index (κ3) is 4.06. The molecule has 51 heavy (non-hydrogen) atoms. The molecule has 238 valence electrons. The van der Waals surface area contributed by atoms with Crippen LogP contribution in [0.15, 0.2) is 188 Å². The Bertz CT molecular complexity index is 2980. The van der Waals surface area contributed by atoms with Gasteiger partial charge in [0.15, 0.2) is 0 Å². The minimum absolute atomic E-state index is 1.11. The first kappa shape index (κ1) is 28.0. The van der Waals surface area contributed by atoms with Crippen LogP contribution in [-0.2, 0) is 0 Å². The molecule has 0 aliphatic rings. The van der Waals surface area contributed by atoms with E-state index in [9.17, 15) is 0 Å². The van der Waals surface area contributed by atoms with E-state index in [4.69, 9.17) is 0 Å². The van der Waals surface area contributed by atoms with Crippen molar-refractivity contribution in [3.63, 3.8) is 0 Å². The number of benzene rings is 8. The van der Waals surface area contributed by atoms with Crippen LogP contribution < -0.4 is 4.90 Å². The van der Waals surface area contributed by atoms with Crippen LogP contribution in [0.5, 0.6) is 0 Å². The Balaban J connectivity index is 1.25. The summed E-state index contributed by atoms with van der Waals surface area (Å²) in [5.41, 5.74) is 13.1. The summed E-state index contributed by atoms with van der Waals surface area (Å²) >= 11 is 0. The van der Waals surface area contributed by atoms with Gasteiger partial charge in [-0.2, -0.15) is 0 Å². The molecule has 11 aromatic rings. The number of fused-ring (bicyclic) bond motifs is 9. The summed E-state index contributed by atoms with van der Waals surface area (Å²) in [5, 5.41) is 7.51. The Hall–Kier alpha value is -6.84. The standard InChI is InChI=1S/C48H31N3/c1-3-14-32(15-4-1)33-26-28-35(29-27-33)49(45-24-13-25-46-47(45)39-20-9-12-23-44(39)50(46)34-16-5-2-6-17-34)36-30-40-37-18-7-10-21-42(37)51-43-22-11-8-19-38(43)41(31-36)48(40)51/h1-31H. The van der Waals surface area contributed by atoms with Crippen molar-refractivity contribution in [3.8, 4) is 16.8 Å². The van der Waals surface area contributed by atoms with Gasteiger partial charge in [-0.1, -0.05) is 121 Å². The van der Waals surface area contributed by atoms with Gasteiger partial charge in [-0.25, -0.2) is 0 Å². The molecule has 0 atom stereocenters. The van der Waals surface area contributed by atoms with E-state index in [1.807, 2.05) is 0 Å². The molecule has 0 bridgehead atoms. The number of para-hydroxylation sites is 4. The van der Waals surface area contributed by atoms with Gasteiger partial charge < -0.3 is 13.9 Å². The number of anilines is 3. The van der Waals surface area contributed by atoms with Crippen molar-refractivity contribution in [1.82, 2.24) is 8.97 Å². The zero-order valence-corrected chi connectivity index (χ0v) is 27.7. The van der Waals surface area contributed by atoms with E-state index in [2.05, 4.69) is 202 Å². The molecule has 3 heteroatoms. The molecule has 0 unspecified atom stereocenters. The lowest BCUT2D eigenvalue weighted by molar-refractivity contribution is 1.18. The Morgan fingerprint density at radius 2 is 0.882 bits per heavy atom. The van der Waals surface area contributed by atoms with Gasteiger partial charge in [0.25, 0.3) is 0 Å². The maximum absolute atomic E-state index is 2.47. The first-order chi connectivity index (χ1) is 25.3. The highest BCUT2D eigenvalue weighted by atomic mass is 15.1. The summed E-state index contributed by atoms with van der Waals surface area (Å²) in [6, 6.07) is 68.4. The molecule has 0 saturated carbocycles. The van der Waals surface area contributed by atoms with E-state index in [1.54, 1.807) is 0 Å². The maximum atomic E-state index is 2.47. The molecular weight excluding hydrogens is 619 g/mol. The van der Waals surface area contributed by atoms with Crippen LogP contribution in [0.25, 0.3) is 76.7 Å². The van der Waals surface area contributed by atoms with Crippen LogP contribution in [0.3, 0.4) is 0 Å². The topological polar surface area (TPSA) is 12.6 Å². The fraction of sp³-hybridized carbons (Fsp3) is 0. The summed E-state index contributed by atoms with van der Waals surface area (Å²) in [6.07, 6.45) is 0. The van der Waals surface area contributed by atoms with E-state index in [0.717, 1.165) is 22.7 Å². The molecule has 3 nitrogen and oxygen atoms in total. The minimum Gasteiger partial charge on any atom is -0.310 e. The lowest BCUT2D eigenvalue weighted by atomic mass is 10.0. The van der Waals surface area contributed by atoms with E-state index in [-0.39, 0.29) is 0 Å². The zero-order chi connectivity index (χ0) is 33.5. The maximum Gasteiger partial charge on any atom is 0.0622 e. The molecule has 0 saturated heterocycles. The predicted octanol–water partition coefficient (Wildman–Crippen LogP) is 13.1. The van der Waals surface area contributed by atoms with Gasteiger partial charge >= 0.3 is 0 Å². The fourth-order valence-electron chi connectivity index (χ4n) is 8.47. The van der Waals surface area contributed by atoms with Crippen LogP contribution in [0.2, 0.25) is 0 Å².